The van der Waals surface area contributed by atoms with Gasteiger partial charge in [0.2, 0.25) is 0 Å². The highest BCUT2D eigenvalue weighted by molar-refractivity contribution is 7.40. The quantitative estimate of drug-likeness (QED) is 0.0358. The fraction of sp³-hybridized carbons (Fsp3) is 1.00. The molecule has 0 aliphatic carbocycles. The zero-order valence-corrected chi connectivity index (χ0v) is 41.8. The van der Waals surface area contributed by atoms with Gasteiger partial charge in [-0.05, 0) is 77.0 Å². The fourth-order valence-corrected chi connectivity index (χ4v) is 7.20. The Morgan fingerprint density at radius 1 is 0.268 bits per heavy atom. The van der Waals surface area contributed by atoms with Crippen LogP contribution in [0.4, 0.5) is 0 Å². The first-order valence-electron chi connectivity index (χ1n) is 24.6. The highest BCUT2D eigenvalue weighted by Gasteiger charge is 2.15. The summed E-state index contributed by atoms with van der Waals surface area (Å²) in [4.78, 5) is 25.6. The topological polar surface area (TPSA) is 86.2 Å². The molecule has 0 heterocycles. The van der Waals surface area contributed by atoms with Crippen LogP contribution < -0.4 is 14.7 Å². The summed E-state index contributed by atoms with van der Waals surface area (Å²) in [5.41, 5.74) is 0. The molecule has 0 atom stereocenters. The minimum atomic E-state index is -5.39. The normalized spacial score (nSPS) is 12.0. The summed E-state index contributed by atoms with van der Waals surface area (Å²) >= 11 is 0. The van der Waals surface area contributed by atoms with E-state index in [0.717, 1.165) is 0 Å². The van der Waals surface area contributed by atoms with Crippen LogP contribution in [-0.2, 0) is 4.57 Å². The molecule has 56 heavy (non-hydrogen) atoms. The van der Waals surface area contributed by atoms with Gasteiger partial charge in [-0.25, -0.2) is 0 Å². The fourth-order valence-electron chi connectivity index (χ4n) is 7.20. The number of nitrogens with zero attached hydrogens (tertiary/aromatic N) is 3. The van der Waals surface area contributed by atoms with Gasteiger partial charge in [0.1, 0.15) is 0 Å². The molecule has 8 heteroatoms. The molecule has 0 bridgehead atoms. The second-order valence-electron chi connectivity index (χ2n) is 19.1. The van der Waals surface area contributed by atoms with Crippen molar-refractivity contribution in [2.75, 3.05) is 81.6 Å². The number of rotatable bonds is 36. The summed E-state index contributed by atoms with van der Waals surface area (Å²) in [6, 6.07) is 0. The third-order valence-corrected chi connectivity index (χ3v) is 11.2. The lowest BCUT2D eigenvalue weighted by molar-refractivity contribution is -0.890. The number of quaternary nitrogens is 3. The van der Waals surface area contributed by atoms with Gasteiger partial charge in [0.05, 0.1) is 81.6 Å². The van der Waals surface area contributed by atoms with E-state index in [-0.39, 0.29) is 0 Å². The molecule has 0 radical (unpaired) electrons. The maximum Gasteiger partial charge on any atom is 0.0782 e. The Morgan fingerprint density at radius 3 is 0.518 bits per heavy atom. The molecule has 0 aliphatic rings. The lowest BCUT2D eigenvalue weighted by Crippen LogP contribution is -2.41. The molecule has 0 unspecified atom stereocenters. The summed E-state index contributed by atoms with van der Waals surface area (Å²) in [7, 11) is 9.02. The van der Waals surface area contributed by atoms with E-state index in [9.17, 15) is 0 Å². The second kappa shape index (κ2) is 44.5. The van der Waals surface area contributed by atoms with Crippen molar-refractivity contribution in [3.63, 3.8) is 0 Å². The highest BCUT2D eigenvalue weighted by atomic mass is 31.2. The molecule has 0 rings (SSSR count). The first-order chi connectivity index (χ1) is 26.4. The molecular formula is C48H108N3O4P. The van der Waals surface area contributed by atoms with Gasteiger partial charge in [-0.2, -0.15) is 7.82 Å². The average Bonchev–Trinajstić information content (AvgIpc) is 3.11. The van der Waals surface area contributed by atoms with Crippen LogP contribution in [0.15, 0.2) is 0 Å². The van der Waals surface area contributed by atoms with E-state index in [2.05, 4.69) is 83.8 Å². The number of unbranched alkanes of at least 4 members (excludes halogenated alkanes) is 24. The van der Waals surface area contributed by atoms with Gasteiger partial charge in [0, 0.05) is 0 Å². The molecule has 0 saturated heterocycles. The maximum absolute atomic E-state index is 8.55. The van der Waals surface area contributed by atoms with E-state index in [4.69, 9.17) is 19.2 Å². The van der Waals surface area contributed by atoms with E-state index in [1.807, 2.05) is 0 Å². The maximum atomic E-state index is 8.55. The van der Waals surface area contributed by atoms with E-state index < -0.39 is 7.82 Å². The molecule has 0 aromatic carbocycles. The van der Waals surface area contributed by atoms with Gasteiger partial charge in [-0.1, -0.05) is 157 Å². The van der Waals surface area contributed by atoms with Gasteiger partial charge >= 0.3 is 0 Å². The largest absolute Gasteiger partial charge is 0.822 e. The minimum Gasteiger partial charge on any atom is -0.822 e. The molecule has 0 aromatic rings. The van der Waals surface area contributed by atoms with Crippen molar-refractivity contribution < 1.29 is 32.7 Å². The molecule has 0 spiro atoms. The lowest BCUT2D eigenvalue weighted by Gasteiger charge is -2.36. The highest BCUT2D eigenvalue weighted by Crippen LogP contribution is 2.13. The molecule has 0 aliphatic heterocycles. The molecule has 0 amide bonds. The van der Waals surface area contributed by atoms with Crippen LogP contribution in [0.25, 0.3) is 0 Å². The monoisotopic (exact) mass is 822 g/mol. The third-order valence-electron chi connectivity index (χ3n) is 11.2. The second-order valence-corrected chi connectivity index (χ2v) is 20.0. The Hall–Kier alpha value is -0.0100. The Labute approximate surface area is 355 Å². The smallest absolute Gasteiger partial charge is 0.0782 e. The van der Waals surface area contributed by atoms with Crippen LogP contribution >= 0.6 is 7.82 Å². The standard InChI is InChI=1S/3C16H36N.H3O4P/c3*1-5-7-9-11-12-14-16-17(3,4)15-13-10-8-6-2;1-5(2,3)4/h3*5-16H2,1-4H3;(H3,1,2,3,4)/q3*+1;/p-3. The zero-order chi connectivity index (χ0) is 43.5. The third kappa shape index (κ3) is 65.8. The van der Waals surface area contributed by atoms with Crippen LogP contribution in [0, 0.1) is 0 Å². The predicted molar refractivity (Wildman–Crippen MR) is 246 cm³/mol. The summed E-state index contributed by atoms with van der Waals surface area (Å²) < 4.78 is 12.2. The first kappa shape index (κ1) is 62.6. The van der Waals surface area contributed by atoms with Crippen molar-refractivity contribution in [2.45, 2.75) is 234 Å². The van der Waals surface area contributed by atoms with Crippen molar-refractivity contribution in [2.24, 2.45) is 0 Å². The molecule has 0 fully saturated rings. The number of hydrogen-bond acceptors (Lipinski definition) is 4. The molecule has 0 saturated carbocycles. The summed E-state index contributed by atoms with van der Waals surface area (Å²) in [5.74, 6) is 0. The van der Waals surface area contributed by atoms with Crippen molar-refractivity contribution in [3.05, 3.63) is 0 Å². The van der Waals surface area contributed by atoms with Crippen molar-refractivity contribution >= 4 is 7.82 Å². The van der Waals surface area contributed by atoms with Crippen LogP contribution in [0.3, 0.4) is 0 Å². The van der Waals surface area contributed by atoms with Crippen molar-refractivity contribution in [3.8, 4) is 0 Å². The lowest BCUT2D eigenvalue weighted by atomic mass is 10.1. The molecular weight excluding hydrogens is 714 g/mol. The minimum absolute atomic E-state index is 1.23. The van der Waals surface area contributed by atoms with Crippen LogP contribution in [0.2, 0.25) is 0 Å². The van der Waals surface area contributed by atoms with Crippen LogP contribution in [0.5, 0.6) is 0 Å². The molecule has 344 valence electrons. The Bertz CT molecular complexity index is 695. The van der Waals surface area contributed by atoms with Gasteiger partial charge < -0.3 is 32.7 Å². The van der Waals surface area contributed by atoms with Gasteiger partial charge in [0.15, 0.2) is 0 Å². The first-order valence-corrected chi connectivity index (χ1v) is 26.0. The van der Waals surface area contributed by atoms with E-state index in [1.54, 1.807) is 0 Å². The van der Waals surface area contributed by atoms with E-state index in [0.29, 0.717) is 0 Å². The number of hydrogen-bond donors (Lipinski definition) is 0. The molecule has 0 aromatic heterocycles. The van der Waals surface area contributed by atoms with E-state index in [1.165, 1.54) is 245 Å². The number of phosphoric acid groups is 1. The Morgan fingerprint density at radius 2 is 0.375 bits per heavy atom. The zero-order valence-electron chi connectivity index (χ0n) is 40.9. The van der Waals surface area contributed by atoms with Crippen molar-refractivity contribution in [1.29, 1.82) is 0 Å². The average molecular weight is 822 g/mol. The Balaban J connectivity index is -0.000000340. The molecule has 7 nitrogen and oxygen atoms in total. The Kier molecular flexibility index (Phi) is 49.8. The van der Waals surface area contributed by atoms with Crippen molar-refractivity contribution in [1.82, 2.24) is 0 Å². The summed E-state index contributed by atoms with van der Waals surface area (Å²) in [5, 5.41) is 0. The van der Waals surface area contributed by atoms with Gasteiger partial charge in [-0.3, -0.25) is 0 Å². The van der Waals surface area contributed by atoms with E-state index >= 15 is 0 Å². The van der Waals surface area contributed by atoms with Crippen LogP contribution in [0.1, 0.15) is 234 Å². The summed E-state index contributed by atoms with van der Waals surface area (Å²) in [6.07, 6.45) is 42.4. The van der Waals surface area contributed by atoms with Gasteiger partial charge in [0.25, 0.3) is 0 Å². The SMILES string of the molecule is CCCCCCCC[N+](C)(C)CCCCCC.CCCCCCCC[N+](C)(C)CCCCCC.CCCCCCCC[N+](C)(C)CCCCCC.O=P([O-])([O-])[O-]. The van der Waals surface area contributed by atoms with Gasteiger partial charge in [-0.15, -0.1) is 0 Å². The predicted octanol–water partition coefficient (Wildman–Crippen LogP) is 12.2. The van der Waals surface area contributed by atoms with Crippen LogP contribution in [-0.4, -0.2) is 95.0 Å². The summed E-state index contributed by atoms with van der Waals surface area (Å²) in [6.45, 7) is 22.0. The molecule has 0 N–H and O–H groups in total.